The van der Waals surface area contributed by atoms with E-state index in [1.54, 1.807) is 0 Å². The Bertz CT molecular complexity index is 951. The van der Waals surface area contributed by atoms with Crippen molar-refractivity contribution in [1.29, 1.82) is 0 Å². The standard InChI is InChI=1S/C25H32N4/c1-18(22-15-7-12-19-9-5-6-14-23(19)22)29-16-8-13-21(17-29)25-26-24(27-28-25)20-10-3-2-4-11-20/h5-7,9,12,14-15,18,20-21H,2-4,8,10-11,13,16-17H2,1H3,(H,26,27,28). The van der Waals surface area contributed by atoms with Crippen LogP contribution in [0.2, 0.25) is 0 Å². The Morgan fingerprint density at radius 2 is 1.72 bits per heavy atom. The van der Waals surface area contributed by atoms with E-state index in [9.17, 15) is 0 Å². The fourth-order valence-electron chi connectivity index (χ4n) is 5.41. The van der Waals surface area contributed by atoms with E-state index in [0.29, 0.717) is 17.9 Å². The zero-order valence-corrected chi connectivity index (χ0v) is 17.5. The van der Waals surface area contributed by atoms with Crippen LogP contribution in [0.4, 0.5) is 0 Å². The number of hydrogen-bond donors (Lipinski definition) is 1. The summed E-state index contributed by atoms with van der Waals surface area (Å²) in [6.45, 7) is 4.56. The molecule has 29 heavy (non-hydrogen) atoms. The maximum atomic E-state index is 4.98. The highest BCUT2D eigenvalue weighted by atomic mass is 15.2. The summed E-state index contributed by atoms with van der Waals surface area (Å²) in [6.07, 6.45) is 8.99. The predicted octanol–water partition coefficient (Wildman–Crippen LogP) is 5.95. The summed E-state index contributed by atoms with van der Waals surface area (Å²) in [7, 11) is 0. The molecule has 0 spiro atoms. The minimum Gasteiger partial charge on any atom is -0.296 e. The SMILES string of the molecule is CC(c1cccc2ccccc12)N1CCCC(c2n[nH]c(C3CCCCC3)n2)C1. The van der Waals surface area contributed by atoms with Gasteiger partial charge in [-0.3, -0.25) is 10.00 Å². The minimum absolute atomic E-state index is 0.403. The average Bonchev–Trinajstić information content (AvgIpc) is 3.29. The molecule has 1 aliphatic carbocycles. The highest BCUT2D eigenvalue weighted by Gasteiger charge is 2.29. The lowest BCUT2D eigenvalue weighted by Crippen LogP contribution is -2.36. The van der Waals surface area contributed by atoms with Crippen LogP contribution < -0.4 is 0 Å². The van der Waals surface area contributed by atoms with Gasteiger partial charge in [-0.05, 0) is 55.5 Å². The molecule has 2 aliphatic rings. The number of fused-ring (bicyclic) bond motifs is 1. The highest BCUT2D eigenvalue weighted by molar-refractivity contribution is 5.86. The zero-order chi connectivity index (χ0) is 19.6. The summed E-state index contributed by atoms with van der Waals surface area (Å²) in [4.78, 5) is 7.61. The van der Waals surface area contributed by atoms with E-state index in [1.165, 1.54) is 61.3 Å². The van der Waals surface area contributed by atoms with Gasteiger partial charge in [-0.1, -0.05) is 61.7 Å². The van der Waals surface area contributed by atoms with E-state index in [-0.39, 0.29) is 0 Å². The summed E-state index contributed by atoms with van der Waals surface area (Å²) in [5, 5.41) is 10.7. The van der Waals surface area contributed by atoms with Gasteiger partial charge in [0, 0.05) is 24.4 Å². The molecule has 2 aromatic carbocycles. The Hall–Kier alpha value is -2.20. The van der Waals surface area contributed by atoms with Crippen LogP contribution in [0, 0.1) is 0 Å². The molecule has 3 aromatic rings. The monoisotopic (exact) mass is 388 g/mol. The second-order valence-corrected chi connectivity index (χ2v) is 8.99. The number of likely N-dealkylation sites (tertiary alicyclic amines) is 1. The normalized spacial score (nSPS) is 22.7. The molecule has 0 bridgehead atoms. The van der Waals surface area contributed by atoms with Crippen LogP contribution in [0.15, 0.2) is 42.5 Å². The Morgan fingerprint density at radius 3 is 2.62 bits per heavy atom. The molecule has 4 heteroatoms. The van der Waals surface area contributed by atoms with Gasteiger partial charge in [-0.2, -0.15) is 5.10 Å². The zero-order valence-electron chi connectivity index (χ0n) is 17.5. The summed E-state index contributed by atoms with van der Waals surface area (Å²) in [6, 6.07) is 15.9. The summed E-state index contributed by atoms with van der Waals surface area (Å²) in [5.74, 6) is 3.22. The van der Waals surface area contributed by atoms with Crippen LogP contribution in [0.5, 0.6) is 0 Å². The van der Waals surface area contributed by atoms with Crippen molar-refractivity contribution in [2.75, 3.05) is 13.1 Å². The van der Waals surface area contributed by atoms with E-state index in [0.717, 1.165) is 24.7 Å². The molecule has 4 nitrogen and oxygen atoms in total. The molecule has 1 N–H and O–H groups in total. The van der Waals surface area contributed by atoms with Crippen molar-refractivity contribution in [1.82, 2.24) is 20.1 Å². The molecule has 1 saturated heterocycles. The number of nitrogens with one attached hydrogen (secondary N) is 1. The number of nitrogens with zero attached hydrogens (tertiary/aromatic N) is 3. The topological polar surface area (TPSA) is 44.8 Å². The van der Waals surface area contributed by atoms with Gasteiger partial charge in [0.05, 0.1) is 0 Å². The number of hydrogen-bond acceptors (Lipinski definition) is 3. The Kier molecular flexibility index (Phi) is 5.36. The van der Waals surface area contributed by atoms with Crippen molar-refractivity contribution < 1.29 is 0 Å². The quantitative estimate of drug-likeness (QED) is 0.601. The Balaban J connectivity index is 1.33. The Labute approximate surface area is 173 Å². The van der Waals surface area contributed by atoms with Gasteiger partial charge in [0.1, 0.15) is 5.82 Å². The van der Waals surface area contributed by atoms with E-state index in [2.05, 4.69) is 64.5 Å². The predicted molar refractivity (Wildman–Crippen MR) is 118 cm³/mol. The first kappa shape index (κ1) is 18.8. The van der Waals surface area contributed by atoms with E-state index in [4.69, 9.17) is 4.98 Å². The van der Waals surface area contributed by atoms with E-state index in [1.807, 2.05) is 0 Å². The summed E-state index contributed by atoms with van der Waals surface area (Å²) in [5.41, 5.74) is 1.43. The third-order valence-corrected chi connectivity index (χ3v) is 7.15. The maximum Gasteiger partial charge on any atom is 0.155 e. The van der Waals surface area contributed by atoms with Crippen molar-refractivity contribution in [3.63, 3.8) is 0 Å². The molecule has 152 valence electrons. The third kappa shape index (κ3) is 3.83. The lowest BCUT2D eigenvalue weighted by atomic mass is 9.89. The number of rotatable bonds is 4. The fraction of sp³-hybridized carbons (Fsp3) is 0.520. The average molecular weight is 389 g/mol. The van der Waals surface area contributed by atoms with Gasteiger partial charge in [0.2, 0.25) is 0 Å². The highest BCUT2D eigenvalue weighted by Crippen LogP contribution is 2.35. The van der Waals surface area contributed by atoms with Crippen LogP contribution >= 0.6 is 0 Å². The smallest absolute Gasteiger partial charge is 0.155 e. The molecule has 2 atom stereocenters. The number of aromatic nitrogens is 3. The van der Waals surface area contributed by atoms with Gasteiger partial charge in [-0.25, -0.2) is 4.98 Å². The van der Waals surface area contributed by atoms with Crippen molar-refractivity contribution in [2.45, 2.75) is 69.7 Å². The van der Waals surface area contributed by atoms with Crippen LogP contribution in [-0.4, -0.2) is 33.2 Å². The van der Waals surface area contributed by atoms with Crippen LogP contribution in [0.25, 0.3) is 10.8 Å². The van der Waals surface area contributed by atoms with E-state index >= 15 is 0 Å². The van der Waals surface area contributed by atoms with Crippen molar-refractivity contribution in [2.24, 2.45) is 0 Å². The second-order valence-electron chi connectivity index (χ2n) is 8.99. The molecule has 1 aliphatic heterocycles. The summed E-state index contributed by atoms with van der Waals surface area (Å²) >= 11 is 0. The molecule has 2 fully saturated rings. The second kappa shape index (κ2) is 8.27. The van der Waals surface area contributed by atoms with Gasteiger partial charge in [0.15, 0.2) is 5.82 Å². The molecular formula is C25H32N4. The molecular weight excluding hydrogens is 356 g/mol. The Morgan fingerprint density at radius 1 is 0.931 bits per heavy atom. The van der Waals surface area contributed by atoms with Crippen molar-refractivity contribution >= 4 is 10.8 Å². The number of H-pyrrole nitrogens is 1. The van der Waals surface area contributed by atoms with Gasteiger partial charge < -0.3 is 0 Å². The molecule has 2 unspecified atom stereocenters. The van der Waals surface area contributed by atoms with Gasteiger partial charge >= 0.3 is 0 Å². The first-order chi connectivity index (χ1) is 14.3. The fourth-order valence-corrected chi connectivity index (χ4v) is 5.41. The summed E-state index contributed by atoms with van der Waals surface area (Å²) < 4.78 is 0. The lowest BCUT2D eigenvalue weighted by molar-refractivity contribution is 0.156. The first-order valence-corrected chi connectivity index (χ1v) is 11.4. The third-order valence-electron chi connectivity index (χ3n) is 7.15. The minimum atomic E-state index is 0.403. The molecule has 0 amide bonds. The molecule has 5 rings (SSSR count). The van der Waals surface area contributed by atoms with Gasteiger partial charge in [-0.15, -0.1) is 0 Å². The van der Waals surface area contributed by atoms with Gasteiger partial charge in [0.25, 0.3) is 0 Å². The van der Waals surface area contributed by atoms with Crippen molar-refractivity contribution in [3.8, 4) is 0 Å². The number of aromatic amines is 1. The maximum absolute atomic E-state index is 4.98. The molecule has 0 radical (unpaired) electrons. The lowest BCUT2D eigenvalue weighted by Gasteiger charge is -2.36. The van der Waals surface area contributed by atoms with Crippen LogP contribution in [0.1, 0.15) is 87.0 Å². The molecule has 1 saturated carbocycles. The van der Waals surface area contributed by atoms with E-state index < -0.39 is 0 Å². The van der Waals surface area contributed by atoms with Crippen molar-refractivity contribution in [3.05, 3.63) is 59.7 Å². The number of benzene rings is 2. The largest absolute Gasteiger partial charge is 0.296 e. The first-order valence-electron chi connectivity index (χ1n) is 11.4. The molecule has 1 aromatic heterocycles. The van der Waals surface area contributed by atoms with Crippen LogP contribution in [-0.2, 0) is 0 Å². The van der Waals surface area contributed by atoms with Crippen LogP contribution in [0.3, 0.4) is 0 Å². The number of piperidine rings is 1. The molecule has 2 heterocycles.